The van der Waals surface area contributed by atoms with Crippen LogP contribution in [0, 0.1) is 0 Å². The monoisotopic (exact) mass is 791 g/mol. The highest BCUT2D eigenvalue weighted by molar-refractivity contribution is 6.17. The minimum absolute atomic E-state index is 0.526. The van der Waals surface area contributed by atoms with Gasteiger partial charge in [-0.15, -0.1) is 0 Å². The maximum absolute atomic E-state index is 6.79. The fourth-order valence-electron chi connectivity index (χ4n) is 10.5. The number of para-hydroxylation sites is 2. The van der Waals surface area contributed by atoms with Gasteiger partial charge in [-0.3, -0.25) is 0 Å². The second-order valence-electron chi connectivity index (χ2n) is 16.3. The second-order valence-corrected chi connectivity index (χ2v) is 16.3. The van der Waals surface area contributed by atoms with Gasteiger partial charge in [-0.25, -0.2) is 0 Å². The summed E-state index contributed by atoms with van der Waals surface area (Å²) in [7, 11) is 0. The van der Waals surface area contributed by atoms with Crippen LogP contribution in [-0.4, -0.2) is 0 Å². The molecule has 0 aliphatic heterocycles. The first-order valence-corrected chi connectivity index (χ1v) is 21.2. The molecule has 0 amide bonds. The first-order valence-electron chi connectivity index (χ1n) is 21.2. The van der Waals surface area contributed by atoms with Crippen molar-refractivity contribution in [1.29, 1.82) is 0 Å². The van der Waals surface area contributed by atoms with Crippen molar-refractivity contribution in [2.75, 3.05) is 4.90 Å². The number of hydrogen-bond donors (Lipinski definition) is 0. The summed E-state index contributed by atoms with van der Waals surface area (Å²) >= 11 is 0. The van der Waals surface area contributed by atoms with Crippen LogP contribution in [0.1, 0.15) is 22.3 Å². The van der Waals surface area contributed by atoms with Gasteiger partial charge in [0, 0.05) is 49.4 Å². The first-order chi connectivity index (χ1) is 30.8. The van der Waals surface area contributed by atoms with E-state index in [1.807, 2.05) is 12.1 Å². The highest BCUT2D eigenvalue weighted by Crippen LogP contribution is 2.59. The standard InChI is InChI=1S/C59H37NO2/c1-3-16-40(17-4-1)59(41-18-5-2-6-19-41)51-25-11-9-22-49(51)56-52(59)26-14-27-53(56)60(43-34-36-55-50(37-43)46-21-10-12-28-54(46)61-55)42-32-29-39(30-33-42)45-23-13-24-47-48-35-31-38-15-7-8-20-44(38)58(48)62-57(45)47/h1-37H. The third kappa shape index (κ3) is 4.94. The molecule has 0 bridgehead atoms. The molecule has 3 heteroatoms. The van der Waals surface area contributed by atoms with Crippen LogP contribution in [0.4, 0.5) is 17.1 Å². The van der Waals surface area contributed by atoms with Gasteiger partial charge in [-0.2, -0.15) is 0 Å². The topological polar surface area (TPSA) is 29.5 Å². The lowest BCUT2D eigenvalue weighted by Crippen LogP contribution is -2.28. The van der Waals surface area contributed by atoms with Gasteiger partial charge in [0.25, 0.3) is 0 Å². The zero-order valence-electron chi connectivity index (χ0n) is 33.6. The van der Waals surface area contributed by atoms with Gasteiger partial charge < -0.3 is 13.7 Å². The lowest BCUT2D eigenvalue weighted by atomic mass is 9.68. The SMILES string of the molecule is c1ccc(C2(c3ccccc3)c3ccccc3-c3c(N(c4ccc(-c5cccc6c5oc5c7ccccc7ccc65)cc4)c4ccc5oc6ccccc6c5c4)cccc32)cc1. The third-order valence-electron chi connectivity index (χ3n) is 13.1. The second kappa shape index (κ2) is 13.4. The van der Waals surface area contributed by atoms with Gasteiger partial charge in [-0.05, 0) is 87.3 Å². The average molecular weight is 792 g/mol. The van der Waals surface area contributed by atoms with Crippen LogP contribution in [0.3, 0.4) is 0 Å². The number of rotatable bonds is 6. The predicted molar refractivity (Wildman–Crippen MR) is 256 cm³/mol. The number of benzene rings is 10. The van der Waals surface area contributed by atoms with E-state index in [0.29, 0.717) is 0 Å². The van der Waals surface area contributed by atoms with Gasteiger partial charge in [0.2, 0.25) is 0 Å². The summed E-state index contributed by atoms with van der Waals surface area (Å²) in [6, 6.07) is 81.1. The van der Waals surface area contributed by atoms with E-state index in [0.717, 1.165) is 77.5 Å². The number of fused-ring (bicyclic) bond motifs is 11. The zero-order chi connectivity index (χ0) is 40.8. The average Bonchev–Trinajstić information content (AvgIpc) is 4.01. The molecule has 62 heavy (non-hydrogen) atoms. The fourth-order valence-corrected chi connectivity index (χ4v) is 10.5. The molecule has 3 nitrogen and oxygen atoms in total. The Balaban J connectivity index is 1.04. The summed E-state index contributed by atoms with van der Waals surface area (Å²) in [4.78, 5) is 2.43. The molecule has 0 saturated heterocycles. The summed E-state index contributed by atoms with van der Waals surface area (Å²) in [5.74, 6) is 0. The summed E-state index contributed by atoms with van der Waals surface area (Å²) in [6.07, 6.45) is 0. The van der Waals surface area contributed by atoms with E-state index in [1.54, 1.807) is 0 Å². The smallest absolute Gasteiger partial charge is 0.143 e. The molecule has 0 radical (unpaired) electrons. The maximum atomic E-state index is 6.79. The predicted octanol–water partition coefficient (Wildman–Crippen LogP) is 16.1. The molecular weight excluding hydrogens is 755 g/mol. The fraction of sp³-hybridized carbons (Fsp3) is 0.0169. The van der Waals surface area contributed by atoms with Crippen LogP contribution in [0.25, 0.3) is 76.9 Å². The van der Waals surface area contributed by atoms with E-state index in [-0.39, 0.29) is 0 Å². The molecule has 0 fully saturated rings. The number of anilines is 3. The molecule has 1 aliphatic rings. The Hall–Kier alpha value is -8.14. The van der Waals surface area contributed by atoms with Crippen LogP contribution >= 0.6 is 0 Å². The van der Waals surface area contributed by atoms with Gasteiger partial charge in [0.1, 0.15) is 22.3 Å². The summed E-state index contributed by atoms with van der Waals surface area (Å²) in [5, 5.41) is 6.73. The van der Waals surface area contributed by atoms with Crippen molar-refractivity contribution in [3.05, 3.63) is 247 Å². The summed E-state index contributed by atoms with van der Waals surface area (Å²) < 4.78 is 13.2. The Morgan fingerprint density at radius 3 is 1.79 bits per heavy atom. The van der Waals surface area contributed by atoms with Crippen molar-refractivity contribution < 1.29 is 8.83 Å². The van der Waals surface area contributed by atoms with E-state index in [4.69, 9.17) is 8.83 Å². The van der Waals surface area contributed by atoms with Crippen molar-refractivity contribution in [2.24, 2.45) is 0 Å². The largest absolute Gasteiger partial charge is 0.456 e. The van der Waals surface area contributed by atoms with E-state index in [9.17, 15) is 0 Å². The Morgan fingerprint density at radius 2 is 0.968 bits per heavy atom. The summed E-state index contributed by atoms with van der Waals surface area (Å²) in [6.45, 7) is 0. The minimum atomic E-state index is -0.526. The Labute approximate surface area is 358 Å². The highest BCUT2D eigenvalue weighted by Gasteiger charge is 2.47. The highest BCUT2D eigenvalue weighted by atomic mass is 16.3. The number of furan rings is 2. The Bertz CT molecular complexity index is 3650. The minimum Gasteiger partial charge on any atom is -0.456 e. The van der Waals surface area contributed by atoms with E-state index >= 15 is 0 Å². The van der Waals surface area contributed by atoms with Gasteiger partial charge in [-0.1, -0.05) is 176 Å². The molecule has 13 rings (SSSR count). The van der Waals surface area contributed by atoms with Crippen LogP contribution in [0.5, 0.6) is 0 Å². The van der Waals surface area contributed by atoms with Crippen LogP contribution in [0.15, 0.2) is 233 Å². The molecule has 290 valence electrons. The van der Waals surface area contributed by atoms with Crippen molar-refractivity contribution in [2.45, 2.75) is 5.41 Å². The van der Waals surface area contributed by atoms with Crippen LogP contribution in [-0.2, 0) is 5.41 Å². The molecule has 0 unspecified atom stereocenters. The van der Waals surface area contributed by atoms with Gasteiger partial charge in [0.15, 0.2) is 0 Å². The van der Waals surface area contributed by atoms with Gasteiger partial charge in [0.05, 0.1) is 11.1 Å². The first kappa shape index (κ1) is 34.7. The van der Waals surface area contributed by atoms with Gasteiger partial charge >= 0.3 is 0 Å². The molecule has 2 heterocycles. The van der Waals surface area contributed by atoms with Crippen molar-refractivity contribution in [3.8, 4) is 22.3 Å². The molecule has 10 aromatic carbocycles. The Morgan fingerprint density at radius 1 is 0.355 bits per heavy atom. The zero-order valence-corrected chi connectivity index (χ0v) is 33.6. The molecular formula is C59H37NO2. The molecule has 0 saturated carbocycles. The maximum Gasteiger partial charge on any atom is 0.143 e. The molecule has 0 spiro atoms. The van der Waals surface area contributed by atoms with E-state index < -0.39 is 5.41 Å². The van der Waals surface area contributed by atoms with E-state index in [2.05, 4.69) is 217 Å². The lowest BCUT2D eigenvalue weighted by Gasteiger charge is -2.34. The van der Waals surface area contributed by atoms with Crippen molar-refractivity contribution in [3.63, 3.8) is 0 Å². The molecule has 12 aromatic rings. The molecule has 2 aromatic heterocycles. The molecule has 0 atom stereocenters. The van der Waals surface area contributed by atoms with Crippen LogP contribution in [0.2, 0.25) is 0 Å². The summed E-state index contributed by atoms with van der Waals surface area (Å²) in [5.41, 5.74) is 15.9. The number of nitrogens with zero attached hydrogens (tertiary/aromatic N) is 1. The van der Waals surface area contributed by atoms with E-state index in [1.165, 1.54) is 38.8 Å². The number of hydrogen-bond acceptors (Lipinski definition) is 3. The molecule has 1 aliphatic carbocycles. The quantitative estimate of drug-likeness (QED) is 0.168. The normalized spacial score (nSPS) is 13.0. The lowest BCUT2D eigenvalue weighted by molar-refractivity contribution is 0.669. The molecule has 0 N–H and O–H groups in total. The van der Waals surface area contributed by atoms with Crippen LogP contribution < -0.4 is 4.90 Å². The van der Waals surface area contributed by atoms with Crippen molar-refractivity contribution >= 4 is 71.7 Å². The van der Waals surface area contributed by atoms with Crippen molar-refractivity contribution in [1.82, 2.24) is 0 Å². The Kier molecular flexibility index (Phi) is 7.52. The third-order valence-corrected chi connectivity index (χ3v) is 13.1.